The van der Waals surface area contributed by atoms with Crippen molar-refractivity contribution in [2.45, 2.75) is 25.8 Å². The van der Waals surface area contributed by atoms with Crippen LogP contribution in [0, 0.1) is 5.41 Å². The van der Waals surface area contributed by atoms with Crippen molar-refractivity contribution in [1.29, 1.82) is 0 Å². The van der Waals surface area contributed by atoms with E-state index in [1.54, 1.807) is 0 Å². The van der Waals surface area contributed by atoms with E-state index in [-0.39, 0.29) is 11.3 Å². The topological polar surface area (TPSA) is 55.3 Å². The molecule has 4 rings (SSSR count). The summed E-state index contributed by atoms with van der Waals surface area (Å²) in [7, 11) is 0. The summed E-state index contributed by atoms with van der Waals surface area (Å²) in [6.07, 6.45) is 2.69. The maximum absolute atomic E-state index is 12.2. The van der Waals surface area contributed by atoms with Crippen molar-refractivity contribution in [3.8, 4) is 0 Å². The number of likely N-dealkylation sites (tertiary alicyclic amines) is 1. The molecule has 3 heterocycles. The maximum Gasteiger partial charge on any atom is 0.222 e. The average molecular weight is 303 g/mol. The zero-order valence-electron chi connectivity index (χ0n) is 11.7. The quantitative estimate of drug-likeness (QED) is 0.853. The number of carbonyl (C=O) groups is 1. The maximum atomic E-state index is 12.2. The van der Waals surface area contributed by atoms with E-state index in [0.29, 0.717) is 13.0 Å². The Morgan fingerprint density at radius 3 is 3.05 bits per heavy atom. The SMILES string of the molecule is O=C1CCC2(CCOC2)CN1Cc1ccc2nsnc2c1. The zero-order valence-corrected chi connectivity index (χ0v) is 12.6. The first-order chi connectivity index (χ1) is 10.2. The summed E-state index contributed by atoms with van der Waals surface area (Å²) in [5.41, 5.74) is 3.16. The fourth-order valence-electron chi connectivity index (χ4n) is 3.36. The van der Waals surface area contributed by atoms with Crippen LogP contribution in [-0.4, -0.2) is 39.3 Å². The summed E-state index contributed by atoms with van der Waals surface area (Å²) in [6.45, 7) is 3.11. The van der Waals surface area contributed by atoms with Crippen molar-refractivity contribution in [3.63, 3.8) is 0 Å². The number of hydrogen-bond donors (Lipinski definition) is 0. The molecule has 2 aliphatic rings. The van der Waals surface area contributed by atoms with Crippen molar-refractivity contribution < 1.29 is 9.53 Å². The molecule has 21 heavy (non-hydrogen) atoms. The smallest absolute Gasteiger partial charge is 0.222 e. The summed E-state index contributed by atoms with van der Waals surface area (Å²) in [4.78, 5) is 14.2. The molecule has 0 bridgehead atoms. The van der Waals surface area contributed by atoms with Crippen molar-refractivity contribution in [3.05, 3.63) is 23.8 Å². The largest absolute Gasteiger partial charge is 0.381 e. The molecule has 1 aromatic heterocycles. The fourth-order valence-corrected chi connectivity index (χ4v) is 3.88. The van der Waals surface area contributed by atoms with Crippen LogP contribution in [0.25, 0.3) is 11.0 Å². The standard InChI is InChI=1S/C15H17N3O2S/c19-14-3-4-15(5-6-20-10-15)9-18(14)8-11-1-2-12-13(7-11)17-21-16-12/h1-2,7H,3-6,8-10H2. The van der Waals surface area contributed by atoms with E-state index in [1.165, 1.54) is 11.7 Å². The van der Waals surface area contributed by atoms with Crippen LogP contribution in [0.3, 0.4) is 0 Å². The molecule has 0 aliphatic carbocycles. The molecule has 1 atom stereocenters. The normalized spacial score (nSPS) is 26.1. The summed E-state index contributed by atoms with van der Waals surface area (Å²) >= 11 is 1.23. The first kappa shape index (κ1) is 13.2. The number of carbonyl (C=O) groups excluding carboxylic acids is 1. The number of hydrogen-bond acceptors (Lipinski definition) is 5. The molecule has 1 unspecified atom stereocenters. The molecule has 2 aliphatic heterocycles. The van der Waals surface area contributed by atoms with Crippen molar-refractivity contribution >= 4 is 28.7 Å². The van der Waals surface area contributed by atoms with Gasteiger partial charge in [-0.25, -0.2) is 0 Å². The molecule has 0 saturated carbocycles. The summed E-state index contributed by atoms with van der Waals surface area (Å²) < 4.78 is 14.0. The minimum Gasteiger partial charge on any atom is -0.381 e. The summed E-state index contributed by atoms with van der Waals surface area (Å²) in [5.74, 6) is 0.254. The molecule has 1 aromatic carbocycles. The van der Waals surface area contributed by atoms with Gasteiger partial charge in [0.15, 0.2) is 0 Å². The van der Waals surface area contributed by atoms with Crippen LogP contribution in [-0.2, 0) is 16.1 Å². The molecule has 2 aromatic rings. The van der Waals surface area contributed by atoms with Crippen LogP contribution in [0.15, 0.2) is 18.2 Å². The molecule has 2 saturated heterocycles. The van der Waals surface area contributed by atoms with Gasteiger partial charge >= 0.3 is 0 Å². The Morgan fingerprint density at radius 2 is 2.19 bits per heavy atom. The zero-order chi connectivity index (χ0) is 14.3. The summed E-state index contributed by atoms with van der Waals surface area (Å²) in [6, 6.07) is 6.07. The highest BCUT2D eigenvalue weighted by atomic mass is 32.1. The van der Waals surface area contributed by atoms with Gasteiger partial charge in [-0.15, -0.1) is 0 Å². The third-order valence-electron chi connectivity index (χ3n) is 4.62. The number of nitrogens with zero attached hydrogens (tertiary/aromatic N) is 3. The molecular weight excluding hydrogens is 286 g/mol. The van der Waals surface area contributed by atoms with Crippen LogP contribution >= 0.6 is 11.7 Å². The van der Waals surface area contributed by atoms with Gasteiger partial charge in [-0.2, -0.15) is 8.75 Å². The van der Waals surface area contributed by atoms with Crippen molar-refractivity contribution in [2.24, 2.45) is 5.41 Å². The molecular formula is C15H17N3O2S. The number of rotatable bonds is 2. The average Bonchev–Trinajstić information content (AvgIpc) is 3.12. The Hall–Kier alpha value is -1.53. The van der Waals surface area contributed by atoms with E-state index < -0.39 is 0 Å². The van der Waals surface area contributed by atoms with Gasteiger partial charge in [0.25, 0.3) is 0 Å². The summed E-state index contributed by atoms with van der Waals surface area (Å²) in [5, 5.41) is 0. The van der Waals surface area contributed by atoms with E-state index in [2.05, 4.69) is 8.75 Å². The number of ether oxygens (including phenoxy) is 1. The highest BCUT2D eigenvalue weighted by molar-refractivity contribution is 7.00. The lowest BCUT2D eigenvalue weighted by Crippen LogP contribution is -2.46. The number of aromatic nitrogens is 2. The Kier molecular flexibility index (Phi) is 3.15. The minimum absolute atomic E-state index is 0.195. The van der Waals surface area contributed by atoms with Gasteiger partial charge in [-0.3, -0.25) is 4.79 Å². The van der Waals surface area contributed by atoms with Crippen LogP contribution in [0.2, 0.25) is 0 Å². The number of piperidine rings is 1. The van der Waals surface area contributed by atoms with Crippen LogP contribution < -0.4 is 0 Å². The Bertz CT molecular complexity index is 678. The predicted octanol–water partition coefficient (Wildman–Crippen LogP) is 2.22. The predicted molar refractivity (Wildman–Crippen MR) is 79.9 cm³/mol. The second-order valence-electron chi connectivity index (χ2n) is 6.14. The van der Waals surface area contributed by atoms with Crippen molar-refractivity contribution in [2.75, 3.05) is 19.8 Å². The van der Waals surface area contributed by atoms with E-state index in [4.69, 9.17) is 4.74 Å². The van der Waals surface area contributed by atoms with E-state index in [0.717, 1.165) is 49.2 Å². The molecule has 1 amide bonds. The van der Waals surface area contributed by atoms with Gasteiger partial charge in [0, 0.05) is 31.5 Å². The highest BCUT2D eigenvalue weighted by Crippen LogP contribution is 2.38. The lowest BCUT2D eigenvalue weighted by atomic mass is 9.79. The highest BCUT2D eigenvalue weighted by Gasteiger charge is 2.41. The molecule has 5 nitrogen and oxygen atoms in total. The van der Waals surface area contributed by atoms with Gasteiger partial charge in [-0.05, 0) is 30.5 Å². The number of benzene rings is 1. The third kappa shape index (κ3) is 2.42. The molecule has 6 heteroatoms. The minimum atomic E-state index is 0.195. The first-order valence-electron chi connectivity index (χ1n) is 7.31. The number of fused-ring (bicyclic) bond motifs is 1. The van der Waals surface area contributed by atoms with E-state index in [1.807, 2.05) is 23.1 Å². The van der Waals surface area contributed by atoms with Gasteiger partial charge in [0.1, 0.15) is 11.0 Å². The number of amides is 1. The lowest BCUT2D eigenvalue weighted by molar-refractivity contribution is -0.138. The monoisotopic (exact) mass is 303 g/mol. The Labute approximate surface area is 127 Å². The molecule has 1 spiro atoms. The third-order valence-corrected chi connectivity index (χ3v) is 5.18. The van der Waals surface area contributed by atoms with Crippen LogP contribution in [0.4, 0.5) is 0 Å². The van der Waals surface area contributed by atoms with E-state index in [9.17, 15) is 4.79 Å². The van der Waals surface area contributed by atoms with Gasteiger partial charge in [0.05, 0.1) is 18.3 Å². The Morgan fingerprint density at radius 1 is 1.29 bits per heavy atom. The fraction of sp³-hybridized carbons (Fsp3) is 0.533. The van der Waals surface area contributed by atoms with Gasteiger partial charge < -0.3 is 9.64 Å². The second kappa shape index (κ2) is 5.03. The first-order valence-corrected chi connectivity index (χ1v) is 8.04. The molecule has 0 radical (unpaired) electrons. The van der Waals surface area contributed by atoms with Crippen LogP contribution in [0.5, 0.6) is 0 Å². The van der Waals surface area contributed by atoms with Crippen LogP contribution in [0.1, 0.15) is 24.8 Å². The molecule has 0 N–H and O–H groups in total. The van der Waals surface area contributed by atoms with Crippen molar-refractivity contribution in [1.82, 2.24) is 13.6 Å². The lowest BCUT2D eigenvalue weighted by Gasteiger charge is -2.39. The Balaban J connectivity index is 1.55. The van der Waals surface area contributed by atoms with Gasteiger partial charge in [0.2, 0.25) is 5.91 Å². The molecule has 2 fully saturated rings. The van der Waals surface area contributed by atoms with E-state index >= 15 is 0 Å². The van der Waals surface area contributed by atoms with Gasteiger partial charge in [-0.1, -0.05) is 6.07 Å². The molecule has 110 valence electrons. The second-order valence-corrected chi connectivity index (χ2v) is 6.67.